The maximum Gasteiger partial charge on any atom is 0.292 e. The number of aliphatic hydroxyl groups excluding tert-OH is 4. The van der Waals surface area contributed by atoms with Gasteiger partial charge < -0.3 is 55.3 Å². The van der Waals surface area contributed by atoms with Crippen LogP contribution in [0.3, 0.4) is 0 Å². The Labute approximate surface area is 221 Å². The number of amides is 2. The number of aliphatic hydroxyl groups is 4. The van der Waals surface area contributed by atoms with Crippen molar-refractivity contribution in [2.45, 2.75) is 49.1 Å². The number of phosphoric acid groups is 1. The lowest BCUT2D eigenvalue weighted by molar-refractivity contribution is -0.766. The van der Waals surface area contributed by atoms with Crippen molar-refractivity contribution >= 4 is 19.6 Å². The molecule has 0 spiro atoms. The predicted octanol–water partition coefficient (Wildman–Crippen LogP) is -4.10. The minimum absolute atomic E-state index is 0.114. The van der Waals surface area contributed by atoms with Gasteiger partial charge in [-0.3, -0.25) is 14.2 Å². The van der Waals surface area contributed by atoms with Crippen LogP contribution in [-0.4, -0.2) is 82.1 Å². The van der Waals surface area contributed by atoms with E-state index in [4.69, 9.17) is 30.0 Å². The number of phosphoric ester groups is 1. The van der Waals surface area contributed by atoms with Gasteiger partial charge in [-0.2, -0.15) is 9.13 Å². The molecule has 2 aromatic heterocycles. The van der Waals surface area contributed by atoms with Crippen molar-refractivity contribution in [1.29, 1.82) is 0 Å². The largest absolute Gasteiger partial charge is 0.756 e. The number of hydrogen-bond acceptors (Lipinski definition) is 12. The molecule has 4 heterocycles. The second-order valence-electron chi connectivity index (χ2n) is 8.94. The molecule has 0 bridgehead atoms. The molecule has 2 fully saturated rings. The first kappa shape index (κ1) is 29.1. The van der Waals surface area contributed by atoms with Gasteiger partial charge >= 0.3 is 0 Å². The minimum Gasteiger partial charge on any atom is -0.756 e. The van der Waals surface area contributed by atoms with Crippen LogP contribution in [0.1, 0.15) is 33.2 Å². The molecule has 2 aliphatic rings. The molecule has 16 nitrogen and oxygen atoms in total. The third kappa shape index (κ3) is 6.47. The summed E-state index contributed by atoms with van der Waals surface area (Å²) in [7, 11) is -5.05. The molecule has 0 aromatic carbocycles. The Bertz CT molecular complexity index is 1180. The van der Waals surface area contributed by atoms with Gasteiger partial charge in [-0.05, 0) is 12.1 Å². The lowest BCUT2D eigenvalue weighted by Gasteiger charge is -2.26. The van der Waals surface area contributed by atoms with E-state index in [9.17, 15) is 39.5 Å². The highest BCUT2D eigenvalue weighted by molar-refractivity contribution is 7.45. The molecular formula is C22H28N4O12P+. The molecule has 2 aliphatic heterocycles. The second kappa shape index (κ2) is 11.7. The van der Waals surface area contributed by atoms with Crippen molar-refractivity contribution in [1.82, 2.24) is 0 Å². The van der Waals surface area contributed by atoms with Crippen LogP contribution in [0.15, 0.2) is 49.1 Å². The molecular weight excluding hydrogens is 543 g/mol. The Morgan fingerprint density at radius 3 is 1.56 bits per heavy atom. The van der Waals surface area contributed by atoms with Gasteiger partial charge in [0, 0.05) is 12.1 Å². The molecule has 0 radical (unpaired) electrons. The van der Waals surface area contributed by atoms with Crippen molar-refractivity contribution in [3.8, 4) is 0 Å². The van der Waals surface area contributed by atoms with Crippen LogP contribution in [0.25, 0.3) is 0 Å². The number of ether oxygens (including phenoxy) is 2. The van der Waals surface area contributed by atoms with Crippen LogP contribution in [0.2, 0.25) is 0 Å². The van der Waals surface area contributed by atoms with Gasteiger partial charge in [-0.1, -0.05) is 0 Å². The Balaban J connectivity index is 1.33. The van der Waals surface area contributed by atoms with E-state index < -0.39 is 81.9 Å². The number of primary amides is 2. The van der Waals surface area contributed by atoms with E-state index in [1.807, 2.05) is 0 Å². The quantitative estimate of drug-likeness (QED) is 0.118. The number of nitrogens with two attached hydrogens (primary N) is 2. The van der Waals surface area contributed by atoms with Crippen LogP contribution in [0.5, 0.6) is 0 Å². The molecule has 0 saturated carbocycles. The molecule has 17 heteroatoms. The van der Waals surface area contributed by atoms with Crippen LogP contribution in [0.4, 0.5) is 0 Å². The van der Waals surface area contributed by atoms with Gasteiger partial charge in [0.2, 0.25) is 0 Å². The fourth-order valence-corrected chi connectivity index (χ4v) is 4.92. The van der Waals surface area contributed by atoms with Crippen molar-refractivity contribution in [2.24, 2.45) is 11.5 Å². The van der Waals surface area contributed by atoms with Gasteiger partial charge in [-0.25, -0.2) is 0 Å². The fourth-order valence-electron chi connectivity index (χ4n) is 4.19. The molecule has 212 valence electrons. The number of rotatable bonds is 10. The molecule has 8 N–H and O–H groups in total. The van der Waals surface area contributed by atoms with E-state index in [-0.39, 0.29) is 11.1 Å². The third-order valence-corrected chi connectivity index (χ3v) is 7.20. The Morgan fingerprint density at radius 1 is 0.821 bits per heavy atom. The molecule has 0 unspecified atom stereocenters. The molecule has 2 amide bonds. The summed E-state index contributed by atoms with van der Waals surface area (Å²) in [5.41, 5.74) is 10.7. The summed E-state index contributed by atoms with van der Waals surface area (Å²) in [5, 5.41) is 41.4. The van der Waals surface area contributed by atoms with Gasteiger partial charge in [0.15, 0.2) is 37.0 Å². The summed E-state index contributed by atoms with van der Waals surface area (Å²) >= 11 is 0. The number of carbonyl (C=O) groups is 2. The van der Waals surface area contributed by atoms with E-state index in [0.717, 1.165) is 0 Å². The van der Waals surface area contributed by atoms with Crippen molar-refractivity contribution in [3.05, 3.63) is 60.2 Å². The zero-order chi connectivity index (χ0) is 28.5. The smallest absolute Gasteiger partial charge is 0.292 e. The summed E-state index contributed by atoms with van der Waals surface area (Å²) in [6.07, 6.45) is -5.54. The van der Waals surface area contributed by atoms with Gasteiger partial charge in [0.25, 0.3) is 32.1 Å². The van der Waals surface area contributed by atoms with Crippen LogP contribution >= 0.6 is 7.82 Å². The normalized spacial score (nSPS) is 32.1. The predicted molar refractivity (Wildman–Crippen MR) is 122 cm³/mol. The first-order valence-corrected chi connectivity index (χ1v) is 13.1. The van der Waals surface area contributed by atoms with Crippen molar-refractivity contribution in [3.63, 3.8) is 0 Å². The second-order valence-corrected chi connectivity index (χ2v) is 10.4. The lowest BCUT2D eigenvalue weighted by Crippen LogP contribution is -2.46. The zero-order valence-corrected chi connectivity index (χ0v) is 21.1. The average molecular weight is 571 g/mol. The maximum atomic E-state index is 12.3. The van der Waals surface area contributed by atoms with E-state index in [1.165, 1.54) is 58.2 Å². The highest BCUT2D eigenvalue weighted by Crippen LogP contribution is 2.41. The fraction of sp³-hybridized carbons (Fsp3) is 0.455. The third-order valence-electron chi connectivity index (χ3n) is 6.27. The Kier molecular flexibility index (Phi) is 8.72. The zero-order valence-electron chi connectivity index (χ0n) is 20.2. The first-order valence-electron chi connectivity index (χ1n) is 11.6. The van der Waals surface area contributed by atoms with Crippen molar-refractivity contribution in [2.75, 3.05) is 13.2 Å². The molecule has 8 atom stereocenters. The van der Waals surface area contributed by atoms with Gasteiger partial charge in [0.1, 0.15) is 35.5 Å². The number of nitrogens with zero attached hydrogens (tertiary/aromatic N) is 2. The first-order chi connectivity index (χ1) is 18.4. The van der Waals surface area contributed by atoms with E-state index >= 15 is 0 Å². The summed E-state index contributed by atoms with van der Waals surface area (Å²) < 4.78 is 35.6. The molecule has 4 rings (SSSR count). The van der Waals surface area contributed by atoms with Crippen molar-refractivity contribution < 1.29 is 67.1 Å². The SMILES string of the molecule is NC(=O)c1ccc[n+]([C@H]2O[C@H](COP(=O)([O-])OC[C@H]3O[C@H]([n+]4cccc(C(N)=O)c4)[C@H](O)[C@@H]3O)[C@@H](O)[C@H]2O)c1. The Morgan fingerprint density at radius 2 is 1.21 bits per heavy atom. The highest BCUT2D eigenvalue weighted by atomic mass is 31.2. The molecule has 2 saturated heterocycles. The standard InChI is InChI=1S/C22H27N4O12P/c23-19(31)11-3-1-5-25(7-11)21-17(29)15(27)13(37-21)9-35-39(33,34)36-10-14-16(28)18(30)22(38-14)26-6-2-4-12(8-26)20(24)32/h1-8,13-18,21-22,27-30H,9-10H2,(H3-2,23,24,31,32,33,34)/p+1/t13-,14-,15-,16-,17-,18-,21+,22+/m1/s1. The average Bonchev–Trinajstić information content (AvgIpc) is 3.36. The lowest BCUT2D eigenvalue weighted by atomic mass is 10.1. The summed E-state index contributed by atoms with van der Waals surface area (Å²) in [5.74, 6) is -1.45. The molecule has 39 heavy (non-hydrogen) atoms. The van der Waals surface area contributed by atoms with Gasteiger partial charge in [0.05, 0.1) is 13.2 Å². The minimum atomic E-state index is -5.05. The summed E-state index contributed by atoms with van der Waals surface area (Å²) in [6.45, 7) is -1.47. The number of pyridine rings is 2. The van der Waals surface area contributed by atoms with Gasteiger partial charge in [-0.15, -0.1) is 0 Å². The summed E-state index contributed by atoms with van der Waals surface area (Å²) in [6, 6.07) is 5.82. The van der Waals surface area contributed by atoms with Crippen LogP contribution < -0.4 is 25.5 Å². The topological polar surface area (TPSA) is 252 Å². The maximum absolute atomic E-state index is 12.3. The number of hydrogen-bond donors (Lipinski definition) is 6. The van der Waals surface area contributed by atoms with E-state index in [0.29, 0.717) is 0 Å². The van der Waals surface area contributed by atoms with Crippen LogP contribution in [0, 0.1) is 0 Å². The van der Waals surface area contributed by atoms with E-state index in [1.54, 1.807) is 0 Å². The van der Waals surface area contributed by atoms with E-state index in [2.05, 4.69) is 0 Å². The Hall–Kier alpha value is -2.89. The van der Waals surface area contributed by atoms with Crippen LogP contribution in [-0.2, 0) is 23.1 Å². The number of aromatic nitrogens is 2. The highest BCUT2D eigenvalue weighted by Gasteiger charge is 2.50. The summed E-state index contributed by atoms with van der Waals surface area (Å²) in [4.78, 5) is 35.2. The monoisotopic (exact) mass is 571 g/mol. The number of carbonyl (C=O) groups excluding carboxylic acids is 2. The molecule has 2 aromatic rings. The molecule has 0 aliphatic carbocycles.